The molecule has 0 atom stereocenters. The summed E-state index contributed by atoms with van der Waals surface area (Å²) in [6.45, 7) is 0. The predicted molar refractivity (Wildman–Crippen MR) is 17.7 cm³/mol. The quantitative estimate of drug-likeness (QED) is 0.448. The predicted octanol–water partition coefficient (Wildman–Crippen LogP) is 0.476. The molecule has 0 amide bonds. The van der Waals surface area contributed by atoms with Crippen LogP contribution in [0.25, 0.3) is 0 Å². The lowest BCUT2D eigenvalue weighted by atomic mass is 12.0. The second-order valence-electron chi connectivity index (χ2n) is 0.478. The zero-order valence-electron chi connectivity index (χ0n) is 2.36. The molecule has 0 aromatic heterocycles. The molecule has 0 rings (SSSR count). The molecule has 0 aromatic rings. The van der Waals surface area contributed by atoms with Gasteiger partial charge in [-0.2, -0.15) is 4.61 Å². The molecule has 0 saturated carbocycles. The van der Waals surface area contributed by atoms with E-state index in [0.717, 1.165) is 0 Å². The van der Waals surface area contributed by atoms with Crippen LogP contribution in [0.5, 0.6) is 0 Å². The maximum Gasteiger partial charge on any atom is 0.0373 e. The molecule has 0 unspecified atom stereocenters. The third-order valence-electron chi connectivity index (χ3n) is 0. The number of hydrogen-bond acceptors (Lipinski definition) is 2. The van der Waals surface area contributed by atoms with Gasteiger partial charge in [0.2, 0.25) is 0 Å². The average molecular weight is 76.1 g/mol. The van der Waals surface area contributed by atoms with Crippen molar-refractivity contribution in [1.29, 1.82) is 9.39 Å². The summed E-state index contributed by atoms with van der Waals surface area (Å²) in [4.78, 5) is 0. The minimum atomic E-state index is -1.11. The number of rotatable bonds is 0. The Bertz CT molecular complexity index is 96.2. The third-order valence-corrected chi connectivity index (χ3v) is 0. The monoisotopic (exact) mass is 76.0 g/mol. The van der Waals surface area contributed by atoms with Crippen molar-refractivity contribution >= 4 is 10.3 Å². The lowest BCUT2D eigenvalue weighted by molar-refractivity contribution is 1.58. The van der Waals surface area contributed by atoms with Gasteiger partial charge in [-0.25, -0.2) is 4.78 Å². The van der Waals surface area contributed by atoms with Gasteiger partial charge in [0.1, 0.15) is 0 Å². The van der Waals surface area contributed by atoms with Crippen LogP contribution in [-0.4, -0.2) is 6.26 Å². The average Bonchev–Trinajstić information content (AvgIpc) is 0.811. The van der Waals surface area contributed by atoms with Crippen LogP contribution in [0.15, 0.2) is 0 Å². The molecule has 3 heteroatoms. The minimum absolute atomic E-state index is 1.11. The first-order valence-electron chi connectivity index (χ1n) is 0.795. The maximum absolute atomic E-state index is 7.75. The summed E-state index contributed by atoms with van der Waals surface area (Å²) in [5.74, 6) is 0. The van der Waals surface area contributed by atoms with Crippen molar-refractivity contribution in [1.82, 2.24) is 0 Å². The van der Waals surface area contributed by atoms with E-state index in [-0.39, 0.29) is 0 Å². The first-order valence-corrected chi connectivity index (χ1v) is 2.38. The van der Waals surface area contributed by atoms with Gasteiger partial charge in [0, 0.05) is 16.6 Å². The molecule has 0 aromatic carbocycles. The highest BCUT2D eigenvalue weighted by Crippen LogP contribution is 1.32. The maximum atomic E-state index is 7.75. The highest BCUT2D eigenvalue weighted by molar-refractivity contribution is 7.71. The second kappa shape index (κ2) is 1.10. The molecule has 0 saturated heterocycles. The molecule has 0 radical (unpaired) electrons. The van der Waals surface area contributed by atoms with Crippen LogP contribution in [0.1, 0.15) is 0 Å². The topological polar surface area (TPSA) is 47.6 Å². The largest absolute Gasteiger partial charge is 0.232 e. The molecule has 0 bridgehead atoms. The molecule has 2 nitrogen and oxygen atoms in total. The van der Waals surface area contributed by atoms with E-state index in [1.54, 1.807) is 0 Å². The van der Waals surface area contributed by atoms with E-state index in [2.05, 4.69) is 0 Å². The minimum Gasteiger partial charge on any atom is -0.232 e. The van der Waals surface area contributed by atoms with Gasteiger partial charge in [-0.1, -0.05) is 0 Å². The van der Waals surface area contributed by atoms with E-state index in [1.807, 2.05) is 0 Å². The van der Waals surface area contributed by atoms with Crippen molar-refractivity contribution in [2.75, 3.05) is 6.26 Å². The molecule has 0 aliphatic rings. The summed E-state index contributed by atoms with van der Waals surface area (Å²) < 4.78 is 13.9. The van der Waals surface area contributed by atoms with E-state index in [4.69, 9.17) is 9.39 Å². The SMILES string of the molecule is CS(#N)=N. The fraction of sp³-hybridized carbons (Fsp3) is 1.00. The van der Waals surface area contributed by atoms with Crippen LogP contribution in [0.2, 0.25) is 0 Å². The molecule has 24 valence electrons. The highest BCUT2D eigenvalue weighted by Gasteiger charge is 1.34. The summed E-state index contributed by atoms with van der Waals surface area (Å²) in [5.41, 5.74) is 0. The van der Waals surface area contributed by atoms with Crippen LogP contribution in [-0.2, 0) is 10.3 Å². The standard InChI is InChI=1S/CH4N2S/c1-4(2)3/h2H,1H3. The summed E-state index contributed by atoms with van der Waals surface area (Å²) in [7, 11) is -1.11. The fourth-order valence-electron chi connectivity index (χ4n) is 0. The Hall–Kier alpha value is -0.270. The first kappa shape index (κ1) is 3.73. The van der Waals surface area contributed by atoms with Gasteiger partial charge in [-0.05, 0) is 0 Å². The third kappa shape index (κ3) is 12.6. The Balaban J connectivity index is 3.85. The Morgan fingerprint density at radius 3 is 2.00 bits per heavy atom. The summed E-state index contributed by atoms with van der Waals surface area (Å²) in [6.07, 6.45) is 1.42. The van der Waals surface area contributed by atoms with Crippen molar-refractivity contribution in [2.24, 2.45) is 0 Å². The molecular weight excluding hydrogens is 72.1 g/mol. The van der Waals surface area contributed by atoms with Crippen molar-refractivity contribution in [2.45, 2.75) is 0 Å². The Labute approximate surface area is 26.9 Å². The summed E-state index contributed by atoms with van der Waals surface area (Å²) in [6, 6.07) is 0. The van der Waals surface area contributed by atoms with Gasteiger partial charge in [0.15, 0.2) is 0 Å². The molecule has 1 N–H and O–H groups in total. The summed E-state index contributed by atoms with van der Waals surface area (Å²) in [5, 5.41) is 0. The number of nitrogens with zero attached hydrogens (tertiary/aromatic N) is 1. The first-order chi connectivity index (χ1) is 1.73. The van der Waals surface area contributed by atoms with Crippen molar-refractivity contribution in [3.8, 4) is 0 Å². The fourth-order valence-corrected chi connectivity index (χ4v) is 0. The molecular formula is CH4N2S. The molecule has 0 fully saturated rings. The van der Waals surface area contributed by atoms with Crippen LogP contribution >= 0.6 is 0 Å². The van der Waals surface area contributed by atoms with Crippen molar-refractivity contribution in [3.63, 3.8) is 0 Å². The Kier molecular flexibility index (Phi) is 1.02. The zero-order valence-corrected chi connectivity index (χ0v) is 3.17. The Morgan fingerprint density at radius 2 is 2.00 bits per heavy atom. The second-order valence-corrected chi connectivity index (χ2v) is 1.43. The van der Waals surface area contributed by atoms with Gasteiger partial charge in [-0.15, -0.1) is 0 Å². The van der Waals surface area contributed by atoms with Crippen LogP contribution < -0.4 is 0 Å². The van der Waals surface area contributed by atoms with E-state index >= 15 is 0 Å². The van der Waals surface area contributed by atoms with Gasteiger partial charge in [0.05, 0.1) is 0 Å². The molecule has 0 heterocycles. The van der Waals surface area contributed by atoms with E-state index in [9.17, 15) is 0 Å². The lowest BCUT2D eigenvalue weighted by Gasteiger charge is -1.38. The normalized spacial score (nSPS) is 6.00. The van der Waals surface area contributed by atoms with Crippen LogP contribution in [0.4, 0.5) is 0 Å². The zero-order chi connectivity index (χ0) is 3.58. The van der Waals surface area contributed by atoms with Gasteiger partial charge < -0.3 is 0 Å². The number of hydrogen-bond donors (Lipinski definition) is 1. The van der Waals surface area contributed by atoms with Gasteiger partial charge in [-0.3, -0.25) is 0 Å². The van der Waals surface area contributed by atoms with E-state index < -0.39 is 10.3 Å². The number of nitrogens with one attached hydrogen (secondary N) is 1. The highest BCUT2D eigenvalue weighted by atomic mass is 32.2. The van der Waals surface area contributed by atoms with Gasteiger partial charge >= 0.3 is 0 Å². The smallest absolute Gasteiger partial charge is 0.0373 e. The van der Waals surface area contributed by atoms with Crippen LogP contribution in [0.3, 0.4) is 0 Å². The van der Waals surface area contributed by atoms with Crippen molar-refractivity contribution in [3.05, 3.63) is 0 Å². The van der Waals surface area contributed by atoms with Crippen LogP contribution in [0, 0.1) is 9.39 Å². The van der Waals surface area contributed by atoms with Crippen molar-refractivity contribution < 1.29 is 0 Å². The Morgan fingerprint density at radius 1 is 2.00 bits per heavy atom. The van der Waals surface area contributed by atoms with E-state index in [1.165, 1.54) is 6.26 Å². The van der Waals surface area contributed by atoms with Gasteiger partial charge in [0.25, 0.3) is 0 Å². The summed E-state index contributed by atoms with van der Waals surface area (Å²) >= 11 is 0. The molecule has 0 spiro atoms. The molecule has 4 heavy (non-hydrogen) atoms. The van der Waals surface area contributed by atoms with E-state index in [0.29, 0.717) is 0 Å². The molecule has 0 aliphatic heterocycles. The molecule has 0 aliphatic carbocycles. The lowest BCUT2D eigenvalue weighted by Crippen LogP contribution is -1.40.